The highest BCUT2D eigenvalue weighted by Gasteiger charge is 2.25. The van der Waals surface area contributed by atoms with Crippen molar-refractivity contribution in [2.75, 3.05) is 6.54 Å². The summed E-state index contributed by atoms with van der Waals surface area (Å²) >= 11 is 1.15. The van der Waals surface area contributed by atoms with E-state index in [0.29, 0.717) is 6.54 Å². The van der Waals surface area contributed by atoms with E-state index in [0.717, 1.165) is 35.4 Å². The largest absolute Gasteiger partial charge is 0.324 e. The highest BCUT2D eigenvalue weighted by Crippen LogP contribution is 2.32. The maximum atomic E-state index is 13.4. The van der Waals surface area contributed by atoms with Gasteiger partial charge in [-0.1, -0.05) is 17.4 Å². The van der Waals surface area contributed by atoms with Crippen LogP contribution in [0.5, 0.6) is 0 Å². The Hall–Kier alpha value is -1.79. The minimum Gasteiger partial charge on any atom is -0.292 e. The number of thiophene rings is 1. The van der Waals surface area contributed by atoms with Crippen LogP contribution in [0.3, 0.4) is 0 Å². The first-order chi connectivity index (χ1) is 10.0. The molecule has 21 heavy (non-hydrogen) atoms. The zero-order valence-corrected chi connectivity index (χ0v) is 12.4. The summed E-state index contributed by atoms with van der Waals surface area (Å²) in [6.07, 6.45) is 0.881. The average Bonchev–Trinajstić information content (AvgIpc) is 2.91. The Labute approximate surface area is 126 Å². The SMILES string of the molecule is CC1c2cc(F)ccc2CCN1Cc1csc([N+](=O)[O-])c1. The van der Waals surface area contributed by atoms with Crippen molar-refractivity contribution >= 4 is 16.3 Å². The smallest absolute Gasteiger partial charge is 0.292 e. The van der Waals surface area contributed by atoms with Crippen LogP contribution in [0.1, 0.15) is 29.7 Å². The zero-order valence-electron chi connectivity index (χ0n) is 11.6. The predicted molar refractivity (Wildman–Crippen MR) is 79.9 cm³/mol. The minimum atomic E-state index is -0.363. The van der Waals surface area contributed by atoms with Crippen LogP contribution in [-0.4, -0.2) is 16.4 Å². The summed E-state index contributed by atoms with van der Waals surface area (Å²) in [6.45, 7) is 3.59. The molecule has 6 heteroatoms. The standard InChI is InChI=1S/C15H15FN2O2S/c1-10-14-7-13(16)3-2-12(14)4-5-17(10)8-11-6-15(18(19)20)21-9-11/h2-3,6-7,9-10H,4-5,8H2,1H3. The first-order valence-corrected chi connectivity index (χ1v) is 7.67. The summed E-state index contributed by atoms with van der Waals surface area (Å²) in [6, 6.07) is 6.70. The number of halogens is 1. The van der Waals surface area contributed by atoms with Crippen molar-refractivity contribution in [1.29, 1.82) is 0 Å². The summed E-state index contributed by atoms with van der Waals surface area (Å²) in [5.41, 5.74) is 3.15. The van der Waals surface area contributed by atoms with Crippen LogP contribution in [-0.2, 0) is 13.0 Å². The molecule has 0 saturated carbocycles. The van der Waals surface area contributed by atoms with Crippen molar-refractivity contribution in [3.05, 3.63) is 62.3 Å². The van der Waals surface area contributed by atoms with Crippen LogP contribution in [0, 0.1) is 15.9 Å². The first kappa shape index (κ1) is 14.2. The summed E-state index contributed by atoms with van der Waals surface area (Å²) < 4.78 is 13.4. The Morgan fingerprint density at radius 1 is 1.48 bits per heavy atom. The molecule has 3 rings (SSSR count). The number of rotatable bonds is 3. The molecular formula is C15H15FN2O2S. The monoisotopic (exact) mass is 306 g/mol. The van der Waals surface area contributed by atoms with Gasteiger partial charge < -0.3 is 0 Å². The third-order valence-corrected chi connectivity index (χ3v) is 4.91. The van der Waals surface area contributed by atoms with Crippen molar-refractivity contribution in [3.63, 3.8) is 0 Å². The summed E-state index contributed by atoms with van der Waals surface area (Å²) in [5, 5.41) is 12.7. The predicted octanol–water partition coefficient (Wildman–Crippen LogP) is 3.91. The lowest BCUT2D eigenvalue weighted by molar-refractivity contribution is -0.380. The number of hydrogen-bond acceptors (Lipinski definition) is 4. The Kier molecular flexibility index (Phi) is 3.73. The van der Waals surface area contributed by atoms with E-state index < -0.39 is 0 Å². The quantitative estimate of drug-likeness (QED) is 0.638. The molecular weight excluding hydrogens is 291 g/mol. The van der Waals surface area contributed by atoms with Gasteiger partial charge in [0.25, 0.3) is 0 Å². The van der Waals surface area contributed by atoms with E-state index in [2.05, 4.69) is 11.8 Å². The van der Waals surface area contributed by atoms with Gasteiger partial charge in [-0.15, -0.1) is 0 Å². The molecule has 110 valence electrons. The van der Waals surface area contributed by atoms with Crippen LogP contribution >= 0.6 is 11.3 Å². The van der Waals surface area contributed by atoms with Crippen LogP contribution in [0.25, 0.3) is 0 Å². The molecule has 1 aromatic heterocycles. The van der Waals surface area contributed by atoms with Crippen molar-refractivity contribution < 1.29 is 9.31 Å². The molecule has 0 radical (unpaired) electrons. The van der Waals surface area contributed by atoms with Gasteiger partial charge in [0.15, 0.2) is 0 Å². The number of nitro groups is 1. The van der Waals surface area contributed by atoms with E-state index in [-0.39, 0.29) is 21.8 Å². The molecule has 0 aliphatic carbocycles. The molecule has 0 bridgehead atoms. The fraction of sp³-hybridized carbons (Fsp3) is 0.333. The molecule has 1 unspecified atom stereocenters. The van der Waals surface area contributed by atoms with Gasteiger partial charge in [0.2, 0.25) is 0 Å². The van der Waals surface area contributed by atoms with E-state index >= 15 is 0 Å². The second-order valence-electron chi connectivity index (χ2n) is 5.29. The zero-order chi connectivity index (χ0) is 15.0. The van der Waals surface area contributed by atoms with Gasteiger partial charge in [0, 0.05) is 30.6 Å². The van der Waals surface area contributed by atoms with Crippen LogP contribution in [0.2, 0.25) is 0 Å². The molecule has 0 spiro atoms. The van der Waals surface area contributed by atoms with Gasteiger partial charge >= 0.3 is 5.00 Å². The van der Waals surface area contributed by atoms with E-state index in [1.54, 1.807) is 12.1 Å². The molecule has 2 heterocycles. The molecule has 0 N–H and O–H groups in total. The first-order valence-electron chi connectivity index (χ1n) is 6.79. The molecule has 0 saturated heterocycles. The minimum absolute atomic E-state index is 0.114. The van der Waals surface area contributed by atoms with E-state index in [1.165, 1.54) is 11.6 Å². The molecule has 4 nitrogen and oxygen atoms in total. The topological polar surface area (TPSA) is 46.4 Å². The van der Waals surface area contributed by atoms with Gasteiger partial charge in [-0.3, -0.25) is 15.0 Å². The Morgan fingerprint density at radius 3 is 3.00 bits per heavy atom. The van der Waals surface area contributed by atoms with Crippen LogP contribution in [0.15, 0.2) is 29.6 Å². The number of hydrogen-bond donors (Lipinski definition) is 0. The van der Waals surface area contributed by atoms with Gasteiger partial charge in [0.05, 0.1) is 4.92 Å². The fourth-order valence-corrected chi connectivity index (χ4v) is 3.55. The molecule has 2 aromatic rings. The van der Waals surface area contributed by atoms with Crippen LogP contribution < -0.4 is 0 Å². The number of benzene rings is 1. The number of fused-ring (bicyclic) bond motifs is 1. The molecule has 0 fully saturated rings. The molecule has 1 aromatic carbocycles. The van der Waals surface area contributed by atoms with Gasteiger partial charge in [0.1, 0.15) is 5.82 Å². The normalized spacial score (nSPS) is 18.5. The summed E-state index contributed by atoms with van der Waals surface area (Å²) in [7, 11) is 0. The third-order valence-electron chi connectivity index (χ3n) is 3.98. The second kappa shape index (κ2) is 5.54. The molecule has 0 amide bonds. The lowest BCUT2D eigenvalue weighted by Gasteiger charge is -2.35. The Balaban J connectivity index is 1.79. The number of nitrogens with zero attached hydrogens (tertiary/aromatic N) is 2. The Morgan fingerprint density at radius 2 is 2.29 bits per heavy atom. The Bertz CT molecular complexity index is 686. The molecule has 1 atom stereocenters. The lowest BCUT2D eigenvalue weighted by atomic mass is 9.93. The maximum Gasteiger partial charge on any atom is 0.324 e. The van der Waals surface area contributed by atoms with E-state index in [1.807, 2.05) is 11.4 Å². The van der Waals surface area contributed by atoms with Crippen molar-refractivity contribution in [3.8, 4) is 0 Å². The van der Waals surface area contributed by atoms with Crippen molar-refractivity contribution in [1.82, 2.24) is 4.90 Å². The van der Waals surface area contributed by atoms with Gasteiger partial charge in [-0.05, 0) is 42.2 Å². The summed E-state index contributed by atoms with van der Waals surface area (Å²) in [5.74, 6) is -0.214. The highest BCUT2D eigenvalue weighted by atomic mass is 32.1. The van der Waals surface area contributed by atoms with Gasteiger partial charge in [-0.25, -0.2) is 4.39 Å². The van der Waals surface area contributed by atoms with E-state index in [4.69, 9.17) is 0 Å². The molecule has 1 aliphatic rings. The fourth-order valence-electron chi connectivity index (χ4n) is 2.83. The highest BCUT2D eigenvalue weighted by molar-refractivity contribution is 7.13. The van der Waals surface area contributed by atoms with Gasteiger partial charge in [-0.2, -0.15) is 0 Å². The average molecular weight is 306 g/mol. The summed E-state index contributed by atoms with van der Waals surface area (Å²) in [4.78, 5) is 12.6. The van der Waals surface area contributed by atoms with Crippen LogP contribution in [0.4, 0.5) is 9.39 Å². The molecule has 1 aliphatic heterocycles. The van der Waals surface area contributed by atoms with E-state index in [9.17, 15) is 14.5 Å². The third kappa shape index (κ3) is 2.82. The maximum absolute atomic E-state index is 13.4. The lowest BCUT2D eigenvalue weighted by Crippen LogP contribution is -2.33. The van der Waals surface area contributed by atoms with Crippen molar-refractivity contribution in [2.24, 2.45) is 0 Å². The van der Waals surface area contributed by atoms with Crippen molar-refractivity contribution in [2.45, 2.75) is 25.9 Å². The second-order valence-corrected chi connectivity index (χ2v) is 6.18.